The molecule has 0 aliphatic heterocycles. The average Bonchev–Trinajstić information content (AvgIpc) is 2.20. The highest BCUT2D eigenvalue weighted by atomic mass is 35.5. The van der Waals surface area contributed by atoms with Crippen LogP contribution in [0.3, 0.4) is 0 Å². The van der Waals surface area contributed by atoms with Gasteiger partial charge in [-0.05, 0) is 43.0 Å². The molecule has 0 fully saturated rings. The number of halogens is 1. The third-order valence-corrected chi connectivity index (χ3v) is 3.13. The topological polar surface area (TPSA) is 9.23 Å². The summed E-state index contributed by atoms with van der Waals surface area (Å²) in [6.45, 7) is 8.58. The van der Waals surface area contributed by atoms with Gasteiger partial charge in [-0.15, -0.1) is 0 Å². The van der Waals surface area contributed by atoms with Crippen molar-refractivity contribution in [3.8, 4) is 0 Å². The molecule has 0 aliphatic rings. The zero-order chi connectivity index (χ0) is 12.3. The van der Waals surface area contributed by atoms with Crippen LogP contribution in [0.4, 0.5) is 0 Å². The summed E-state index contributed by atoms with van der Waals surface area (Å²) in [5, 5.41) is 0.808. The number of methoxy groups -OCH3 is 1. The van der Waals surface area contributed by atoms with Crippen LogP contribution in [0.2, 0.25) is 5.02 Å². The molecule has 1 nitrogen and oxygen atoms in total. The summed E-state index contributed by atoms with van der Waals surface area (Å²) < 4.78 is 5.47. The molecule has 0 spiro atoms. The Morgan fingerprint density at radius 1 is 1.31 bits per heavy atom. The Labute approximate surface area is 104 Å². The lowest BCUT2D eigenvalue weighted by Gasteiger charge is -2.25. The molecule has 0 aromatic heterocycles. The van der Waals surface area contributed by atoms with E-state index in [1.165, 1.54) is 11.1 Å². The van der Waals surface area contributed by atoms with E-state index in [0.717, 1.165) is 11.4 Å². The van der Waals surface area contributed by atoms with Crippen molar-refractivity contribution in [1.82, 2.24) is 0 Å². The van der Waals surface area contributed by atoms with Crippen LogP contribution >= 0.6 is 11.6 Å². The first-order chi connectivity index (χ1) is 7.35. The molecule has 0 saturated heterocycles. The molecule has 1 aromatic rings. The molecule has 0 radical (unpaired) electrons. The number of hydrogen-bond donors (Lipinski definition) is 0. The summed E-state index contributed by atoms with van der Waals surface area (Å²) in [7, 11) is 1.75. The predicted octanol–water partition coefficient (Wildman–Crippen LogP) is 4.43. The van der Waals surface area contributed by atoms with E-state index in [1.807, 2.05) is 6.07 Å². The highest BCUT2D eigenvalue weighted by Gasteiger charge is 2.19. The fraction of sp³-hybridized carbons (Fsp3) is 0.571. The van der Waals surface area contributed by atoms with Crippen molar-refractivity contribution in [3.63, 3.8) is 0 Å². The van der Waals surface area contributed by atoms with Crippen LogP contribution in [0.15, 0.2) is 18.2 Å². The smallest absolute Gasteiger partial charge is 0.0663 e. The third kappa shape index (κ3) is 3.50. The van der Waals surface area contributed by atoms with E-state index in [9.17, 15) is 0 Å². The van der Waals surface area contributed by atoms with E-state index < -0.39 is 0 Å². The van der Waals surface area contributed by atoms with Gasteiger partial charge in [0, 0.05) is 18.6 Å². The van der Waals surface area contributed by atoms with Crippen LogP contribution in [0.1, 0.15) is 44.7 Å². The normalized spacial score (nSPS) is 12.2. The quantitative estimate of drug-likeness (QED) is 0.757. The van der Waals surface area contributed by atoms with E-state index in [-0.39, 0.29) is 5.60 Å². The first-order valence-corrected chi connectivity index (χ1v) is 6.07. The minimum Gasteiger partial charge on any atom is -0.378 e. The van der Waals surface area contributed by atoms with Gasteiger partial charge in [-0.2, -0.15) is 0 Å². The zero-order valence-electron chi connectivity index (χ0n) is 10.8. The number of rotatable bonds is 4. The van der Waals surface area contributed by atoms with E-state index in [2.05, 4.69) is 39.8 Å². The Morgan fingerprint density at radius 2 is 1.94 bits per heavy atom. The summed E-state index contributed by atoms with van der Waals surface area (Å²) in [5.74, 6) is 0.487. The largest absolute Gasteiger partial charge is 0.378 e. The predicted molar refractivity (Wildman–Crippen MR) is 70.3 cm³/mol. The SMILES string of the molecule is COC(C)(C)Cc1ccc(Cl)cc1C(C)C. The highest BCUT2D eigenvalue weighted by molar-refractivity contribution is 6.30. The maximum absolute atomic E-state index is 6.03. The fourth-order valence-electron chi connectivity index (χ4n) is 1.80. The van der Waals surface area contributed by atoms with Gasteiger partial charge in [0.2, 0.25) is 0 Å². The van der Waals surface area contributed by atoms with Crippen LogP contribution in [0, 0.1) is 0 Å². The summed E-state index contributed by atoms with van der Waals surface area (Å²) in [5.41, 5.74) is 2.51. The van der Waals surface area contributed by atoms with Gasteiger partial charge < -0.3 is 4.74 Å². The van der Waals surface area contributed by atoms with Crippen LogP contribution in [0.25, 0.3) is 0 Å². The molecule has 0 bridgehead atoms. The maximum atomic E-state index is 6.03. The summed E-state index contributed by atoms with van der Waals surface area (Å²) in [6.07, 6.45) is 0.911. The molecule has 0 saturated carbocycles. The van der Waals surface area contributed by atoms with E-state index in [4.69, 9.17) is 16.3 Å². The molecule has 90 valence electrons. The molecule has 0 heterocycles. The Morgan fingerprint density at radius 3 is 2.44 bits per heavy atom. The molecule has 16 heavy (non-hydrogen) atoms. The third-order valence-electron chi connectivity index (χ3n) is 2.90. The molecule has 0 amide bonds. The lowest BCUT2D eigenvalue weighted by Crippen LogP contribution is -2.26. The number of hydrogen-bond acceptors (Lipinski definition) is 1. The van der Waals surface area contributed by atoms with Crippen molar-refractivity contribution in [2.45, 2.75) is 45.6 Å². The molecule has 0 atom stereocenters. The van der Waals surface area contributed by atoms with Gasteiger partial charge in [-0.25, -0.2) is 0 Å². The van der Waals surface area contributed by atoms with Crippen LogP contribution in [-0.4, -0.2) is 12.7 Å². The molecular weight excluding hydrogens is 220 g/mol. The van der Waals surface area contributed by atoms with Crippen LogP contribution in [-0.2, 0) is 11.2 Å². The molecular formula is C14H21ClO. The van der Waals surface area contributed by atoms with E-state index in [0.29, 0.717) is 5.92 Å². The number of benzene rings is 1. The first kappa shape index (κ1) is 13.5. The summed E-state index contributed by atoms with van der Waals surface area (Å²) in [6, 6.07) is 6.13. The molecule has 1 aromatic carbocycles. The van der Waals surface area contributed by atoms with Crippen molar-refractivity contribution in [3.05, 3.63) is 34.3 Å². The van der Waals surface area contributed by atoms with Gasteiger partial charge in [0.05, 0.1) is 5.60 Å². The van der Waals surface area contributed by atoms with Gasteiger partial charge in [0.1, 0.15) is 0 Å². The van der Waals surface area contributed by atoms with Gasteiger partial charge >= 0.3 is 0 Å². The Bertz CT molecular complexity index is 356. The minimum atomic E-state index is -0.128. The standard InChI is InChI=1S/C14H21ClO/c1-10(2)13-8-12(15)7-6-11(13)9-14(3,4)16-5/h6-8,10H,9H2,1-5H3. The Hall–Kier alpha value is -0.530. The van der Waals surface area contributed by atoms with Gasteiger partial charge in [-0.3, -0.25) is 0 Å². The lowest BCUT2D eigenvalue weighted by molar-refractivity contribution is 0.0230. The van der Waals surface area contributed by atoms with Crippen molar-refractivity contribution < 1.29 is 4.74 Å². The lowest BCUT2D eigenvalue weighted by atomic mass is 9.90. The first-order valence-electron chi connectivity index (χ1n) is 5.69. The summed E-state index contributed by atoms with van der Waals surface area (Å²) >= 11 is 6.03. The second kappa shape index (κ2) is 5.20. The van der Waals surface area contributed by atoms with Gasteiger partial charge in [-0.1, -0.05) is 31.5 Å². The molecule has 0 N–H and O–H groups in total. The zero-order valence-corrected chi connectivity index (χ0v) is 11.6. The van der Waals surface area contributed by atoms with Gasteiger partial charge in [0.15, 0.2) is 0 Å². The Kier molecular flexibility index (Phi) is 4.40. The van der Waals surface area contributed by atoms with Crippen molar-refractivity contribution in [2.24, 2.45) is 0 Å². The molecule has 2 heteroatoms. The average molecular weight is 241 g/mol. The van der Waals surface area contributed by atoms with Crippen LogP contribution < -0.4 is 0 Å². The molecule has 1 rings (SSSR count). The van der Waals surface area contributed by atoms with Crippen molar-refractivity contribution >= 4 is 11.6 Å². The second-order valence-corrected chi connectivity index (χ2v) is 5.57. The second-order valence-electron chi connectivity index (χ2n) is 5.14. The summed E-state index contributed by atoms with van der Waals surface area (Å²) in [4.78, 5) is 0. The molecule has 0 aliphatic carbocycles. The minimum absolute atomic E-state index is 0.128. The van der Waals surface area contributed by atoms with Crippen molar-refractivity contribution in [1.29, 1.82) is 0 Å². The Balaban J connectivity index is 3.04. The van der Waals surface area contributed by atoms with E-state index in [1.54, 1.807) is 7.11 Å². The van der Waals surface area contributed by atoms with Crippen molar-refractivity contribution in [2.75, 3.05) is 7.11 Å². The molecule has 0 unspecified atom stereocenters. The van der Waals surface area contributed by atoms with E-state index >= 15 is 0 Å². The maximum Gasteiger partial charge on any atom is 0.0663 e. The highest BCUT2D eigenvalue weighted by Crippen LogP contribution is 2.27. The fourth-order valence-corrected chi connectivity index (χ4v) is 1.98. The number of ether oxygens (including phenoxy) is 1. The van der Waals surface area contributed by atoms with Crippen LogP contribution in [0.5, 0.6) is 0 Å². The van der Waals surface area contributed by atoms with Gasteiger partial charge in [0.25, 0.3) is 0 Å². The monoisotopic (exact) mass is 240 g/mol.